The molecule has 1 aliphatic heterocycles. The molecular weight excluding hydrogens is 342 g/mol. The van der Waals surface area contributed by atoms with E-state index in [0.717, 1.165) is 4.90 Å². The minimum absolute atomic E-state index is 0.00730. The van der Waals surface area contributed by atoms with Crippen molar-refractivity contribution in [3.8, 4) is 12.3 Å². The molecule has 2 nitrogen and oxygen atoms in total. The fraction of sp³-hybridized carbons (Fsp3) is 0.308. The number of carbonyl (C=O) groups excluding carboxylic acids is 1. The Morgan fingerprint density at radius 1 is 1.40 bits per heavy atom. The van der Waals surface area contributed by atoms with Crippen molar-refractivity contribution >= 4 is 27.5 Å². The number of anilines is 1. The highest BCUT2D eigenvalue weighted by molar-refractivity contribution is 9.10. The van der Waals surface area contributed by atoms with Crippen LogP contribution in [-0.4, -0.2) is 12.5 Å². The van der Waals surface area contributed by atoms with Crippen LogP contribution in [0.1, 0.15) is 12.0 Å². The SMILES string of the molecule is C#CC1CC(=O)N(c2cc(C(F)(F)F)c(Br)cc2F)C1. The van der Waals surface area contributed by atoms with Crippen molar-refractivity contribution in [1.29, 1.82) is 0 Å². The van der Waals surface area contributed by atoms with E-state index in [1.165, 1.54) is 0 Å². The van der Waals surface area contributed by atoms with Crippen LogP contribution in [0.5, 0.6) is 0 Å². The number of amides is 1. The Hall–Kier alpha value is -1.55. The van der Waals surface area contributed by atoms with Gasteiger partial charge in [0.1, 0.15) is 5.82 Å². The van der Waals surface area contributed by atoms with Crippen molar-refractivity contribution in [2.24, 2.45) is 5.92 Å². The summed E-state index contributed by atoms with van der Waals surface area (Å²) < 4.78 is 51.8. The van der Waals surface area contributed by atoms with Gasteiger partial charge in [-0.1, -0.05) is 15.9 Å². The Kier molecular flexibility index (Phi) is 3.78. The molecule has 1 amide bonds. The summed E-state index contributed by atoms with van der Waals surface area (Å²) in [5.41, 5.74) is -1.44. The van der Waals surface area contributed by atoms with Gasteiger partial charge in [0.15, 0.2) is 0 Å². The summed E-state index contributed by atoms with van der Waals surface area (Å²) in [7, 11) is 0. The van der Waals surface area contributed by atoms with E-state index >= 15 is 0 Å². The Labute approximate surface area is 120 Å². The van der Waals surface area contributed by atoms with E-state index in [1.807, 2.05) is 0 Å². The lowest BCUT2D eigenvalue weighted by Crippen LogP contribution is -2.26. The van der Waals surface area contributed by atoms with Gasteiger partial charge in [-0.3, -0.25) is 4.79 Å². The Morgan fingerprint density at radius 3 is 2.55 bits per heavy atom. The first-order valence-corrected chi connectivity index (χ1v) is 6.36. The Morgan fingerprint density at radius 2 is 2.05 bits per heavy atom. The van der Waals surface area contributed by atoms with Gasteiger partial charge in [0.25, 0.3) is 0 Å². The minimum Gasteiger partial charge on any atom is -0.308 e. The number of hydrogen-bond acceptors (Lipinski definition) is 1. The van der Waals surface area contributed by atoms with Gasteiger partial charge in [-0.25, -0.2) is 4.39 Å². The summed E-state index contributed by atoms with van der Waals surface area (Å²) in [5.74, 6) is 0.546. The van der Waals surface area contributed by atoms with Crippen molar-refractivity contribution < 1.29 is 22.4 Å². The van der Waals surface area contributed by atoms with E-state index < -0.39 is 39.5 Å². The average molecular weight is 350 g/mol. The fourth-order valence-electron chi connectivity index (χ4n) is 2.01. The molecule has 0 saturated carbocycles. The molecule has 1 saturated heterocycles. The average Bonchev–Trinajstić information content (AvgIpc) is 2.69. The summed E-state index contributed by atoms with van der Waals surface area (Å²) in [5, 5.41) is 0. The second-order valence-corrected chi connectivity index (χ2v) is 5.21. The van der Waals surface area contributed by atoms with Gasteiger partial charge in [-0.05, 0) is 12.1 Å². The monoisotopic (exact) mass is 349 g/mol. The molecule has 106 valence electrons. The third kappa shape index (κ3) is 2.66. The molecule has 7 heteroatoms. The Balaban J connectivity index is 2.48. The number of rotatable bonds is 1. The number of terminal acetylenes is 1. The van der Waals surface area contributed by atoms with Crippen molar-refractivity contribution in [1.82, 2.24) is 0 Å². The first kappa shape index (κ1) is 14.9. The molecule has 1 aromatic rings. The second kappa shape index (κ2) is 5.09. The standard InChI is InChI=1S/C13H8BrF4NO/c1-2-7-3-12(20)19(6-7)11-4-8(13(16,17)18)9(14)5-10(11)15/h1,4-5,7H,3,6H2. The molecule has 0 N–H and O–H groups in total. The molecule has 0 aromatic heterocycles. The lowest BCUT2D eigenvalue weighted by Gasteiger charge is -2.19. The largest absolute Gasteiger partial charge is 0.417 e. The molecule has 0 radical (unpaired) electrons. The zero-order valence-electron chi connectivity index (χ0n) is 9.97. The molecule has 1 fully saturated rings. The van der Waals surface area contributed by atoms with Crippen molar-refractivity contribution in [3.63, 3.8) is 0 Å². The van der Waals surface area contributed by atoms with Crippen LogP contribution < -0.4 is 4.90 Å². The van der Waals surface area contributed by atoms with Crippen LogP contribution in [0.25, 0.3) is 0 Å². The van der Waals surface area contributed by atoms with E-state index in [-0.39, 0.29) is 13.0 Å². The van der Waals surface area contributed by atoms with Gasteiger partial charge in [0, 0.05) is 23.4 Å². The van der Waals surface area contributed by atoms with Crippen LogP contribution in [-0.2, 0) is 11.0 Å². The number of nitrogens with zero attached hydrogens (tertiary/aromatic N) is 1. The fourth-order valence-corrected chi connectivity index (χ4v) is 2.55. The molecular formula is C13H8BrF4NO. The van der Waals surface area contributed by atoms with E-state index in [0.29, 0.717) is 12.1 Å². The lowest BCUT2D eigenvalue weighted by atomic mass is 10.1. The molecule has 1 aliphatic rings. The molecule has 1 heterocycles. The van der Waals surface area contributed by atoms with E-state index in [2.05, 4.69) is 21.9 Å². The summed E-state index contributed by atoms with van der Waals surface area (Å²) >= 11 is 2.67. The highest BCUT2D eigenvalue weighted by Crippen LogP contribution is 2.39. The van der Waals surface area contributed by atoms with Crippen LogP contribution in [0.4, 0.5) is 23.2 Å². The molecule has 20 heavy (non-hydrogen) atoms. The summed E-state index contributed by atoms with van der Waals surface area (Å²) in [6.07, 6.45) is 0.552. The molecule has 0 bridgehead atoms. The summed E-state index contributed by atoms with van der Waals surface area (Å²) in [6, 6.07) is 1.32. The van der Waals surface area contributed by atoms with E-state index in [9.17, 15) is 22.4 Å². The summed E-state index contributed by atoms with van der Waals surface area (Å²) in [4.78, 5) is 12.7. The third-order valence-electron chi connectivity index (χ3n) is 2.99. The topological polar surface area (TPSA) is 20.3 Å². The van der Waals surface area contributed by atoms with Crippen molar-refractivity contribution in [3.05, 3.63) is 28.0 Å². The molecule has 2 rings (SSSR count). The third-order valence-corrected chi connectivity index (χ3v) is 3.65. The molecule has 1 atom stereocenters. The van der Waals surface area contributed by atoms with E-state index in [1.54, 1.807) is 0 Å². The molecule has 0 spiro atoms. The van der Waals surface area contributed by atoms with Gasteiger partial charge in [0.05, 0.1) is 11.3 Å². The summed E-state index contributed by atoms with van der Waals surface area (Å²) in [6.45, 7) is 0.0190. The van der Waals surface area contributed by atoms with Gasteiger partial charge >= 0.3 is 6.18 Å². The highest BCUT2D eigenvalue weighted by atomic mass is 79.9. The zero-order chi connectivity index (χ0) is 15.1. The zero-order valence-corrected chi connectivity index (χ0v) is 11.6. The smallest absolute Gasteiger partial charge is 0.308 e. The van der Waals surface area contributed by atoms with Gasteiger partial charge in [-0.15, -0.1) is 12.3 Å². The molecule has 1 unspecified atom stereocenters. The number of benzene rings is 1. The van der Waals surface area contributed by atoms with Gasteiger partial charge in [-0.2, -0.15) is 13.2 Å². The first-order valence-electron chi connectivity index (χ1n) is 5.56. The highest BCUT2D eigenvalue weighted by Gasteiger charge is 2.37. The number of alkyl halides is 3. The quantitative estimate of drug-likeness (QED) is 0.560. The van der Waals surface area contributed by atoms with Crippen molar-refractivity contribution in [2.75, 3.05) is 11.4 Å². The minimum atomic E-state index is -4.64. The van der Waals surface area contributed by atoms with E-state index in [4.69, 9.17) is 6.42 Å². The maximum absolute atomic E-state index is 13.8. The van der Waals surface area contributed by atoms with Crippen molar-refractivity contribution in [2.45, 2.75) is 12.6 Å². The molecule has 1 aromatic carbocycles. The van der Waals surface area contributed by atoms with Crippen LogP contribution >= 0.6 is 15.9 Å². The van der Waals surface area contributed by atoms with Crippen LogP contribution in [0.3, 0.4) is 0 Å². The Bertz CT molecular complexity index is 606. The number of hydrogen-bond donors (Lipinski definition) is 0. The maximum Gasteiger partial charge on any atom is 0.417 e. The predicted octanol–water partition coefficient (Wildman–Crippen LogP) is 3.59. The van der Waals surface area contributed by atoms with Crippen LogP contribution in [0.2, 0.25) is 0 Å². The predicted molar refractivity (Wildman–Crippen MR) is 68.4 cm³/mol. The normalized spacial score (nSPS) is 19.3. The second-order valence-electron chi connectivity index (χ2n) is 4.35. The maximum atomic E-state index is 13.8. The molecule has 0 aliphatic carbocycles. The lowest BCUT2D eigenvalue weighted by molar-refractivity contribution is -0.138. The van der Waals surface area contributed by atoms with Crippen LogP contribution in [0.15, 0.2) is 16.6 Å². The number of halogens is 5. The first-order chi connectivity index (χ1) is 9.24. The van der Waals surface area contributed by atoms with Crippen LogP contribution in [0, 0.1) is 24.1 Å². The van der Waals surface area contributed by atoms with Gasteiger partial charge < -0.3 is 4.90 Å². The number of carbonyl (C=O) groups is 1. The van der Waals surface area contributed by atoms with Gasteiger partial charge in [0.2, 0.25) is 5.91 Å².